The molecule has 1 heterocycles. The molecule has 0 aliphatic heterocycles. The highest BCUT2D eigenvalue weighted by molar-refractivity contribution is 7.12. The molecule has 0 aliphatic rings. The average molecular weight is 210 g/mol. The first-order valence-corrected chi connectivity index (χ1v) is 6.64. The first kappa shape index (κ1) is 11.3. The Morgan fingerprint density at radius 3 is 2.00 bits per heavy atom. The van der Waals surface area contributed by atoms with Gasteiger partial charge in [-0.2, -0.15) is 0 Å². The molecule has 0 aliphatic carbocycles. The minimum atomic E-state index is 0.331. The van der Waals surface area contributed by atoms with Crippen molar-refractivity contribution in [3.63, 3.8) is 0 Å². The molecule has 0 unspecified atom stereocenters. The largest absolute Gasteiger partial charge is 0.221 e. The van der Waals surface area contributed by atoms with Gasteiger partial charge >= 0.3 is 0 Å². The zero-order valence-electron chi connectivity index (χ0n) is 9.56. The lowest BCUT2D eigenvalue weighted by atomic mass is 9.79. The Labute approximate surface area is 93.8 Å². The summed E-state index contributed by atoms with van der Waals surface area (Å²) in [4.78, 5) is 2.96. The van der Waals surface area contributed by atoms with Crippen LogP contribution in [0.15, 0.2) is 12.1 Å². The molecule has 1 rings (SSSR count). The molecule has 0 fully saturated rings. The Morgan fingerprint density at radius 1 is 1.15 bits per heavy atom. The van der Waals surface area contributed by atoms with Crippen molar-refractivity contribution in [2.45, 2.75) is 44.3 Å². The third kappa shape index (κ3) is 2.18. The van der Waals surface area contributed by atoms with Gasteiger partial charge in [-0.25, -0.2) is 0 Å². The van der Waals surface area contributed by atoms with Crippen LogP contribution in [0.5, 0.6) is 0 Å². The fourth-order valence-corrected chi connectivity index (χ4v) is 2.77. The van der Waals surface area contributed by atoms with Gasteiger partial charge in [0, 0.05) is 9.75 Å². The Balaban J connectivity index is 3.07. The normalized spacial score (nSPS) is 13.3. The molecule has 0 aromatic carbocycles. The van der Waals surface area contributed by atoms with Gasteiger partial charge in [0.1, 0.15) is 0 Å². The molecule has 0 N–H and O–H groups in total. The van der Waals surface area contributed by atoms with Crippen molar-refractivity contribution in [1.82, 2.24) is 0 Å². The van der Waals surface area contributed by atoms with Crippen molar-refractivity contribution >= 4 is 27.6 Å². The van der Waals surface area contributed by atoms with Crippen molar-refractivity contribution in [3.05, 3.63) is 21.9 Å². The zero-order valence-corrected chi connectivity index (χ0v) is 12.4. The van der Waals surface area contributed by atoms with E-state index in [0.29, 0.717) is 9.69 Å². The van der Waals surface area contributed by atoms with Crippen LogP contribution in [0.3, 0.4) is 0 Å². The van der Waals surface area contributed by atoms with Crippen molar-refractivity contribution in [2.75, 3.05) is 0 Å². The monoisotopic (exact) mass is 210 g/mol. The lowest BCUT2D eigenvalue weighted by molar-refractivity contribution is 0.400. The highest BCUT2D eigenvalue weighted by Gasteiger charge is 2.34. The molecule has 0 atom stereocenters. The molecule has 0 saturated carbocycles. The van der Waals surface area contributed by atoms with Crippen LogP contribution in [0.4, 0.5) is 0 Å². The predicted octanol–water partition coefficient (Wildman–Crippen LogP) is 3.17. The van der Waals surface area contributed by atoms with Gasteiger partial charge in [-0.05, 0) is 24.5 Å². The first-order valence-electron chi connectivity index (χ1n) is 4.82. The summed E-state index contributed by atoms with van der Waals surface area (Å²) in [7, 11) is 0. The smallest absolute Gasteiger partial charge is 0.145 e. The number of hydrogen-bond donors (Lipinski definition) is 0. The summed E-state index contributed by atoms with van der Waals surface area (Å²) in [5.74, 6) is 0. The summed E-state index contributed by atoms with van der Waals surface area (Å²) < 4.78 is 0.463. The SMILES string of the molecule is Cc1ccc(C(C)(C)[C](C)(C)[AlH2])s1. The van der Waals surface area contributed by atoms with Crippen LogP contribution in [0.2, 0.25) is 4.28 Å². The molecule has 0 nitrogen and oxygen atoms in total. The van der Waals surface area contributed by atoms with E-state index in [-0.39, 0.29) is 0 Å². The highest BCUT2D eigenvalue weighted by Crippen LogP contribution is 2.46. The second kappa shape index (κ2) is 3.42. The molecule has 2 heteroatoms. The third-order valence-electron chi connectivity index (χ3n) is 3.23. The Morgan fingerprint density at radius 2 is 1.69 bits per heavy atom. The lowest BCUT2D eigenvalue weighted by Gasteiger charge is -2.38. The van der Waals surface area contributed by atoms with Crippen LogP contribution in [-0.4, -0.2) is 16.3 Å². The molecule has 0 amide bonds. The van der Waals surface area contributed by atoms with Crippen LogP contribution < -0.4 is 0 Å². The van der Waals surface area contributed by atoms with Crippen LogP contribution in [-0.2, 0) is 5.41 Å². The molecule has 0 saturated heterocycles. The minimum Gasteiger partial charge on any atom is -0.145 e. The van der Waals surface area contributed by atoms with E-state index in [2.05, 4.69) is 46.8 Å². The highest BCUT2D eigenvalue weighted by atomic mass is 32.1. The number of thiophene rings is 1. The van der Waals surface area contributed by atoms with Crippen molar-refractivity contribution in [1.29, 1.82) is 0 Å². The van der Waals surface area contributed by atoms with E-state index in [4.69, 9.17) is 0 Å². The topological polar surface area (TPSA) is 0 Å². The fourth-order valence-electron chi connectivity index (χ4n) is 1.14. The van der Waals surface area contributed by atoms with Gasteiger partial charge < -0.3 is 0 Å². The molecule has 0 bridgehead atoms. The van der Waals surface area contributed by atoms with E-state index in [1.807, 2.05) is 11.3 Å². The molecular formula is C11H19AlS. The standard InChI is InChI=1S/C11H17S.Al.2H/c1-8(2)11(4,5)10-7-6-9(3)12-10;;;/h6-7H,1-5H3;;;. The summed E-state index contributed by atoms with van der Waals surface area (Å²) >= 11 is 3.18. The summed E-state index contributed by atoms with van der Waals surface area (Å²) in [6.07, 6.45) is 0. The second-order valence-electron chi connectivity index (χ2n) is 5.29. The maximum absolute atomic E-state index is 2.37. The van der Waals surface area contributed by atoms with Gasteiger partial charge in [0.15, 0.2) is 0 Å². The third-order valence-corrected chi connectivity index (χ3v) is 5.81. The first-order chi connectivity index (χ1) is 5.75. The van der Waals surface area contributed by atoms with Crippen molar-refractivity contribution in [3.8, 4) is 0 Å². The van der Waals surface area contributed by atoms with Crippen molar-refractivity contribution in [2.24, 2.45) is 0 Å². The predicted molar refractivity (Wildman–Crippen MR) is 64.7 cm³/mol. The van der Waals surface area contributed by atoms with E-state index >= 15 is 0 Å². The number of hydrogen-bond acceptors (Lipinski definition) is 1. The van der Waals surface area contributed by atoms with E-state index in [0.717, 1.165) is 0 Å². The number of aryl methyl sites for hydroxylation is 1. The maximum atomic E-state index is 2.37. The van der Waals surface area contributed by atoms with Crippen LogP contribution in [0, 0.1) is 6.92 Å². The van der Waals surface area contributed by atoms with Crippen LogP contribution in [0.1, 0.15) is 37.4 Å². The maximum Gasteiger partial charge on any atom is 0.221 e. The Bertz CT molecular complexity index is 291. The molecule has 1 aromatic heterocycles. The van der Waals surface area contributed by atoms with E-state index in [9.17, 15) is 0 Å². The van der Waals surface area contributed by atoms with Crippen LogP contribution >= 0.6 is 11.3 Å². The molecule has 72 valence electrons. The Kier molecular flexibility index (Phi) is 2.98. The summed E-state index contributed by atoms with van der Waals surface area (Å²) in [6.45, 7) is 11.7. The molecular weight excluding hydrogens is 191 g/mol. The van der Waals surface area contributed by atoms with E-state index in [1.165, 1.54) is 26.0 Å². The van der Waals surface area contributed by atoms with Gasteiger partial charge in [0.25, 0.3) is 0 Å². The molecule has 0 spiro atoms. The Hall–Kier alpha value is 0.232. The summed E-state index contributed by atoms with van der Waals surface area (Å²) in [5.41, 5.74) is 0.331. The summed E-state index contributed by atoms with van der Waals surface area (Å²) in [6, 6.07) is 4.52. The van der Waals surface area contributed by atoms with Gasteiger partial charge in [-0.1, -0.05) is 32.0 Å². The van der Waals surface area contributed by atoms with Gasteiger partial charge in [0.2, 0.25) is 16.3 Å². The van der Waals surface area contributed by atoms with Gasteiger partial charge in [0.05, 0.1) is 0 Å². The van der Waals surface area contributed by atoms with Crippen LogP contribution in [0.25, 0.3) is 0 Å². The van der Waals surface area contributed by atoms with Gasteiger partial charge in [-0.3, -0.25) is 0 Å². The quantitative estimate of drug-likeness (QED) is 0.658. The minimum absolute atomic E-state index is 0.331. The van der Waals surface area contributed by atoms with Gasteiger partial charge in [-0.15, -0.1) is 11.3 Å². The molecule has 0 radical (unpaired) electrons. The fraction of sp³-hybridized carbons (Fsp3) is 0.636. The summed E-state index contributed by atoms with van der Waals surface area (Å²) in [5, 5.41) is 0. The average Bonchev–Trinajstić information content (AvgIpc) is 2.33. The van der Waals surface area contributed by atoms with E-state index < -0.39 is 0 Å². The number of rotatable bonds is 2. The lowest BCUT2D eigenvalue weighted by Crippen LogP contribution is -2.30. The second-order valence-corrected chi connectivity index (χ2v) is 9.07. The van der Waals surface area contributed by atoms with E-state index in [1.54, 1.807) is 0 Å². The van der Waals surface area contributed by atoms with Crippen molar-refractivity contribution < 1.29 is 0 Å². The zero-order chi connectivity index (χ0) is 10.3. The molecule has 13 heavy (non-hydrogen) atoms. The molecule has 1 aromatic rings.